The number of nitrogens with zero attached hydrogens (tertiary/aromatic N) is 2. The first kappa shape index (κ1) is 13.4. The molecule has 1 rings (SSSR count). The van der Waals surface area contributed by atoms with Crippen molar-refractivity contribution in [2.45, 2.75) is 25.0 Å². The van der Waals surface area contributed by atoms with Crippen LogP contribution in [0.1, 0.15) is 13.8 Å². The zero-order chi connectivity index (χ0) is 12.0. The van der Waals surface area contributed by atoms with Crippen molar-refractivity contribution in [3.63, 3.8) is 0 Å². The number of anilines is 2. The molecule has 4 nitrogen and oxygen atoms in total. The van der Waals surface area contributed by atoms with E-state index in [1.165, 1.54) is 11.8 Å². The molecule has 0 spiro atoms. The van der Waals surface area contributed by atoms with Gasteiger partial charge in [-0.1, -0.05) is 18.7 Å². The van der Waals surface area contributed by atoms with Crippen LogP contribution in [0.15, 0.2) is 11.2 Å². The third-order valence-corrected chi connectivity index (χ3v) is 3.57. The second-order valence-corrected chi connectivity index (χ2v) is 5.46. The molecular weight excluding hydrogens is 240 g/mol. The molecule has 0 aliphatic rings. The highest BCUT2D eigenvalue weighted by molar-refractivity contribution is 7.99. The SMILES string of the molecule is CCSCC(C)Nc1cc(N)nc(SC)n1. The Hall–Kier alpha value is -0.620. The number of rotatable bonds is 6. The molecule has 90 valence electrons. The molecule has 16 heavy (non-hydrogen) atoms. The molecule has 0 amide bonds. The summed E-state index contributed by atoms with van der Waals surface area (Å²) in [6.45, 7) is 4.30. The number of thioether (sulfide) groups is 2. The van der Waals surface area contributed by atoms with Crippen molar-refractivity contribution in [1.29, 1.82) is 0 Å². The van der Waals surface area contributed by atoms with Crippen LogP contribution in [-0.2, 0) is 0 Å². The molecule has 0 aromatic carbocycles. The minimum atomic E-state index is 0.383. The summed E-state index contributed by atoms with van der Waals surface area (Å²) in [5.41, 5.74) is 5.70. The monoisotopic (exact) mass is 258 g/mol. The van der Waals surface area contributed by atoms with Gasteiger partial charge < -0.3 is 11.1 Å². The van der Waals surface area contributed by atoms with E-state index in [0.29, 0.717) is 17.0 Å². The lowest BCUT2D eigenvalue weighted by molar-refractivity contribution is 0.879. The van der Waals surface area contributed by atoms with E-state index in [1.807, 2.05) is 18.0 Å². The number of aromatic nitrogens is 2. The highest BCUT2D eigenvalue weighted by Gasteiger charge is 2.05. The molecule has 3 N–H and O–H groups in total. The van der Waals surface area contributed by atoms with E-state index in [-0.39, 0.29) is 0 Å². The van der Waals surface area contributed by atoms with E-state index in [0.717, 1.165) is 17.3 Å². The minimum absolute atomic E-state index is 0.383. The van der Waals surface area contributed by atoms with Crippen molar-refractivity contribution >= 4 is 35.2 Å². The van der Waals surface area contributed by atoms with Gasteiger partial charge >= 0.3 is 0 Å². The maximum absolute atomic E-state index is 5.70. The first-order chi connectivity index (χ1) is 7.65. The summed E-state index contributed by atoms with van der Waals surface area (Å²) >= 11 is 3.40. The lowest BCUT2D eigenvalue weighted by Gasteiger charge is -2.14. The van der Waals surface area contributed by atoms with E-state index in [9.17, 15) is 0 Å². The summed E-state index contributed by atoms with van der Waals surface area (Å²) in [7, 11) is 0. The number of nitrogen functional groups attached to an aromatic ring is 1. The molecule has 0 fully saturated rings. The molecule has 1 aromatic heterocycles. The molecule has 1 aromatic rings. The number of nitrogens with one attached hydrogen (secondary N) is 1. The Morgan fingerprint density at radius 3 is 2.88 bits per heavy atom. The van der Waals surface area contributed by atoms with Crippen LogP contribution in [0.2, 0.25) is 0 Å². The molecular formula is C10H18N4S2. The van der Waals surface area contributed by atoms with Crippen LogP contribution >= 0.6 is 23.5 Å². The van der Waals surface area contributed by atoms with Gasteiger partial charge in [0.25, 0.3) is 0 Å². The highest BCUT2D eigenvalue weighted by Crippen LogP contribution is 2.16. The smallest absolute Gasteiger partial charge is 0.191 e. The normalized spacial score (nSPS) is 12.4. The fourth-order valence-electron chi connectivity index (χ4n) is 1.20. The van der Waals surface area contributed by atoms with E-state index >= 15 is 0 Å². The van der Waals surface area contributed by atoms with Gasteiger partial charge in [-0.2, -0.15) is 11.8 Å². The van der Waals surface area contributed by atoms with Crippen LogP contribution in [0.25, 0.3) is 0 Å². The first-order valence-corrected chi connectivity index (χ1v) is 7.56. The number of hydrogen-bond acceptors (Lipinski definition) is 6. The second-order valence-electron chi connectivity index (χ2n) is 3.37. The number of hydrogen-bond donors (Lipinski definition) is 2. The van der Waals surface area contributed by atoms with E-state index in [2.05, 4.69) is 29.1 Å². The molecule has 0 saturated heterocycles. The van der Waals surface area contributed by atoms with E-state index in [1.54, 1.807) is 6.07 Å². The molecule has 0 bridgehead atoms. The van der Waals surface area contributed by atoms with E-state index < -0.39 is 0 Å². The Labute approximate surface area is 105 Å². The topological polar surface area (TPSA) is 63.8 Å². The second kappa shape index (κ2) is 6.85. The van der Waals surface area contributed by atoms with Gasteiger partial charge in [0, 0.05) is 17.9 Å². The Bertz CT molecular complexity index is 333. The van der Waals surface area contributed by atoms with Crippen LogP contribution in [0.5, 0.6) is 0 Å². The quantitative estimate of drug-likeness (QED) is 0.603. The van der Waals surface area contributed by atoms with Gasteiger partial charge in [-0.15, -0.1) is 0 Å². The summed E-state index contributed by atoms with van der Waals surface area (Å²) in [6, 6.07) is 2.15. The Kier molecular flexibility index (Phi) is 5.76. The van der Waals surface area contributed by atoms with Crippen LogP contribution in [0.4, 0.5) is 11.6 Å². The van der Waals surface area contributed by atoms with Crippen molar-refractivity contribution in [2.24, 2.45) is 0 Å². The van der Waals surface area contributed by atoms with Crippen molar-refractivity contribution in [1.82, 2.24) is 9.97 Å². The largest absolute Gasteiger partial charge is 0.383 e. The van der Waals surface area contributed by atoms with Crippen molar-refractivity contribution < 1.29 is 0 Å². The summed E-state index contributed by atoms with van der Waals surface area (Å²) in [4.78, 5) is 8.46. The molecule has 1 unspecified atom stereocenters. The summed E-state index contributed by atoms with van der Waals surface area (Å²) in [5, 5.41) is 4.03. The highest BCUT2D eigenvalue weighted by atomic mass is 32.2. The Morgan fingerprint density at radius 1 is 1.50 bits per heavy atom. The van der Waals surface area contributed by atoms with Gasteiger partial charge in [0.1, 0.15) is 11.6 Å². The molecule has 6 heteroatoms. The van der Waals surface area contributed by atoms with Gasteiger partial charge in [0.2, 0.25) is 0 Å². The van der Waals surface area contributed by atoms with Crippen LogP contribution in [0, 0.1) is 0 Å². The molecule has 0 aliphatic heterocycles. The fraction of sp³-hybridized carbons (Fsp3) is 0.600. The van der Waals surface area contributed by atoms with Crippen LogP contribution < -0.4 is 11.1 Å². The lowest BCUT2D eigenvalue weighted by Crippen LogP contribution is -2.19. The predicted octanol–water partition coefficient (Wildman–Crippen LogP) is 2.33. The van der Waals surface area contributed by atoms with Gasteiger partial charge in [-0.25, -0.2) is 9.97 Å². The third kappa shape index (κ3) is 4.49. The zero-order valence-electron chi connectivity index (χ0n) is 9.86. The molecule has 1 atom stereocenters. The predicted molar refractivity (Wildman–Crippen MR) is 74.3 cm³/mol. The molecule has 0 aliphatic carbocycles. The van der Waals surface area contributed by atoms with Crippen molar-refractivity contribution in [3.8, 4) is 0 Å². The van der Waals surface area contributed by atoms with Gasteiger partial charge in [-0.3, -0.25) is 0 Å². The van der Waals surface area contributed by atoms with Crippen LogP contribution in [-0.4, -0.2) is 33.8 Å². The molecule has 1 heterocycles. The third-order valence-electron chi connectivity index (χ3n) is 1.87. The summed E-state index contributed by atoms with van der Waals surface area (Å²) < 4.78 is 0. The van der Waals surface area contributed by atoms with E-state index in [4.69, 9.17) is 5.73 Å². The zero-order valence-corrected chi connectivity index (χ0v) is 11.5. The maximum Gasteiger partial charge on any atom is 0.191 e. The van der Waals surface area contributed by atoms with Crippen molar-refractivity contribution in [3.05, 3.63) is 6.07 Å². The lowest BCUT2D eigenvalue weighted by atomic mass is 10.4. The molecule has 0 radical (unpaired) electrons. The van der Waals surface area contributed by atoms with Crippen molar-refractivity contribution in [2.75, 3.05) is 28.8 Å². The first-order valence-electron chi connectivity index (χ1n) is 5.18. The van der Waals surface area contributed by atoms with Gasteiger partial charge in [-0.05, 0) is 18.9 Å². The Balaban J connectivity index is 2.61. The fourth-order valence-corrected chi connectivity index (χ4v) is 2.26. The Morgan fingerprint density at radius 2 is 2.25 bits per heavy atom. The van der Waals surface area contributed by atoms with Crippen LogP contribution in [0.3, 0.4) is 0 Å². The van der Waals surface area contributed by atoms with Gasteiger partial charge in [0.15, 0.2) is 5.16 Å². The van der Waals surface area contributed by atoms with Gasteiger partial charge in [0.05, 0.1) is 0 Å². The average molecular weight is 258 g/mol. The maximum atomic E-state index is 5.70. The summed E-state index contributed by atoms with van der Waals surface area (Å²) in [5.74, 6) is 3.52. The summed E-state index contributed by atoms with van der Waals surface area (Å²) in [6.07, 6.45) is 1.94. The molecule has 0 saturated carbocycles. The average Bonchev–Trinajstić information content (AvgIpc) is 2.25. The minimum Gasteiger partial charge on any atom is -0.383 e. The number of nitrogens with two attached hydrogens (primary N) is 1. The standard InChI is InChI=1S/C10H18N4S2/c1-4-16-6-7(2)12-9-5-8(11)13-10(14-9)15-3/h5,7H,4,6H2,1-3H3,(H3,11,12,13,14).